The number of carbonyl (C=O) groups is 4. The number of alkyl carbamates (subject to hydrolysis) is 1. The van der Waals surface area contributed by atoms with E-state index < -0.39 is 40.1 Å². The third kappa shape index (κ3) is 8.56. The molecule has 0 aromatic heterocycles. The first-order valence-corrected chi connectivity index (χ1v) is 20.7. The standard InChI is InChI=1S/C44H47N3O8S/c1-54-43(50)39(46-42(49)40-16-9-25-47(40)56(52,53)33-10-3-2-4-11-33)26-29-17-19-30(20-18-29)27-41(48)31-21-23-32(24-22-31)45-44(51)55-28-38-36-14-7-5-12-34(36)35-13-6-8-15-37(35)38/h2-8,10-15,17-20,31-32,38-40H,9,16,21-28H2,1H3,(H,45,51)(H,46,49)/t31?,32?,39-,40-/m0/s1. The second-order valence-electron chi connectivity index (χ2n) is 14.9. The van der Waals surface area contributed by atoms with E-state index in [4.69, 9.17) is 9.47 Å². The van der Waals surface area contributed by atoms with Gasteiger partial charge in [-0.15, -0.1) is 0 Å². The minimum absolute atomic E-state index is 0.00711. The zero-order chi connectivity index (χ0) is 39.2. The molecule has 2 N–H and O–H groups in total. The van der Waals surface area contributed by atoms with E-state index in [0.717, 1.165) is 22.3 Å². The molecule has 1 saturated heterocycles. The molecule has 0 spiro atoms. The lowest BCUT2D eigenvalue weighted by atomic mass is 9.82. The average Bonchev–Trinajstić information content (AvgIpc) is 3.85. The molecule has 1 saturated carbocycles. The molecule has 12 heteroatoms. The normalized spacial score (nSPS) is 20.0. The van der Waals surface area contributed by atoms with Crippen LogP contribution in [0.2, 0.25) is 0 Å². The first-order chi connectivity index (χ1) is 27.1. The number of rotatable bonds is 13. The highest BCUT2D eigenvalue weighted by molar-refractivity contribution is 7.89. The van der Waals surface area contributed by atoms with Crippen molar-refractivity contribution in [1.29, 1.82) is 0 Å². The van der Waals surface area contributed by atoms with E-state index in [1.807, 2.05) is 48.5 Å². The molecule has 0 bridgehead atoms. The summed E-state index contributed by atoms with van der Waals surface area (Å²) in [6.07, 6.45) is 3.55. The zero-order valence-corrected chi connectivity index (χ0v) is 32.2. The maximum absolute atomic E-state index is 13.4. The van der Waals surface area contributed by atoms with E-state index in [9.17, 15) is 27.6 Å². The van der Waals surface area contributed by atoms with Gasteiger partial charge in [-0.2, -0.15) is 4.31 Å². The number of nitrogens with zero attached hydrogens (tertiary/aromatic N) is 1. The molecule has 0 unspecified atom stereocenters. The van der Waals surface area contributed by atoms with Crippen molar-refractivity contribution >= 4 is 33.8 Å². The van der Waals surface area contributed by atoms with E-state index in [1.165, 1.54) is 34.7 Å². The van der Waals surface area contributed by atoms with Crippen LogP contribution in [0.1, 0.15) is 66.7 Å². The fourth-order valence-corrected chi connectivity index (χ4v) is 10.0. The summed E-state index contributed by atoms with van der Waals surface area (Å²) >= 11 is 0. The lowest BCUT2D eigenvalue weighted by molar-refractivity contribution is -0.145. The molecular weight excluding hydrogens is 731 g/mol. The summed E-state index contributed by atoms with van der Waals surface area (Å²) in [6, 6.07) is 29.7. The molecule has 4 aromatic carbocycles. The predicted octanol–water partition coefficient (Wildman–Crippen LogP) is 5.95. The number of nitrogens with one attached hydrogen (secondary N) is 2. The Bertz CT molecular complexity index is 2120. The number of hydrogen-bond acceptors (Lipinski definition) is 8. The van der Waals surface area contributed by atoms with Crippen molar-refractivity contribution in [3.8, 4) is 11.1 Å². The molecule has 1 aliphatic heterocycles. The van der Waals surface area contributed by atoms with E-state index in [0.29, 0.717) is 38.5 Å². The SMILES string of the molecule is COC(=O)[C@H](Cc1ccc(CC(=O)C2CCC(NC(=O)OCC3c4ccccc4-c4ccccc43)CC2)cc1)NC(=O)[C@@H]1CCCN1S(=O)(=O)c1ccccc1. The molecular formula is C44H47N3O8S. The number of Topliss-reactive ketones (excluding diaryl/α,β-unsaturated/α-hetero) is 1. The number of hydrogen-bond donors (Lipinski definition) is 2. The number of amides is 2. The van der Waals surface area contributed by atoms with Crippen molar-refractivity contribution < 1.29 is 37.1 Å². The number of benzene rings is 4. The molecule has 292 valence electrons. The highest BCUT2D eigenvalue weighted by Crippen LogP contribution is 2.44. The van der Waals surface area contributed by atoms with Gasteiger partial charge in [0.1, 0.15) is 24.5 Å². The largest absolute Gasteiger partial charge is 0.467 e. The summed E-state index contributed by atoms with van der Waals surface area (Å²) in [7, 11) is -2.66. The van der Waals surface area contributed by atoms with Crippen LogP contribution >= 0.6 is 0 Å². The number of carbonyl (C=O) groups excluding carboxylic acids is 4. The fourth-order valence-electron chi connectivity index (χ4n) is 8.36. The third-order valence-electron chi connectivity index (χ3n) is 11.3. The van der Waals surface area contributed by atoms with Gasteiger partial charge in [0.25, 0.3) is 0 Å². The predicted molar refractivity (Wildman–Crippen MR) is 210 cm³/mol. The third-order valence-corrected chi connectivity index (χ3v) is 13.3. The van der Waals surface area contributed by atoms with Gasteiger partial charge < -0.3 is 20.1 Å². The fraction of sp³-hybridized carbons (Fsp3) is 0.364. The summed E-state index contributed by atoms with van der Waals surface area (Å²) in [5.74, 6) is -1.16. The monoisotopic (exact) mass is 777 g/mol. The van der Waals surface area contributed by atoms with Crippen molar-refractivity contribution in [3.63, 3.8) is 0 Å². The molecule has 2 amide bonds. The van der Waals surface area contributed by atoms with Gasteiger partial charge in [0, 0.05) is 37.3 Å². The van der Waals surface area contributed by atoms with Crippen LogP contribution in [-0.2, 0) is 46.7 Å². The summed E-state index contributed by atoms with van der Waals surface area (Å²) in [6.45, 7) is 0.462. The second kappa shape index (κ2) is 17.2. The highest BCUT2D eigenvalue weighted by Gasteiger charge is 2.40. The van der Waals surface area contributed by atoms with E-state index in [-0.39, 0.29) is 54.5 Å². The number of ketones is 1. The van der Waals surface area contributed by atoms with Crippen molar-refractivity contribution in [3.05, 3.63) is 125 Å². The second-order valence-corrected chi connectivity index (χ2v) is 16.7. The van der Waals surface area contributed by atoms with Gasteiger partial charge in [0.2, 0.25) is 15.9 Å². The van der Waals surface area contributed by atoms with Gasteiger partial charge in [0.05, 0.1) is 12.0 Å². The van der Waals surface area contributed by atoms with E-state index in [1.54, 1.807) is 18.2 Å². The molecule has 11 nitrogen and oxygen atoms in total. The van der Waals surface area contributed by atoms with Crippen molar-refractivity contribution in [2.45, 2.75) is 80.3 Å². The average molecular weight is 778 g/mol. The van der Waals surface area contributed by atoms with Crippen molar-refractivity contribution in [2.24, 2.45) is 5.92 Å². The Morgan fingerprint density at radius 1 is 0.768 bits per heavy atom. The molecule has 1 heterocycles. The number of fused-ring (bicyclic) bond motifs is 3. The van der Waals surface area contributed by atoms with Crippen LogP contribution in [0.25, 0.3) is 11.1 Å². The smallest absolute Gasteiger partial charge is 0.407 e. The van der Waals surface area contributed by atoms with Crippen LogP contribution in [0.15, 0.2) is 108 Å². The van der Waals surface area contributed by atoms with Crippen LogP contribution in [0.4, 0.5) is 4.79 Å². The maximum atomic E-state index is 13.4. The van der Waals surface area contributed by atoms with Crippen LogP contribution in [0.5, 0.6) is 0 Å². The van der Waals surface area contributed by atoms with Gasteiger partial charge in [-0.05, 0) is 84.0 Å². The number of ether oxygens (including phenoxy) is 2. The van der Waals surface area contributed by atoms with E-state index >= 15 is 0 Å². The van der Waals surface area contributed by atoms with Crippen molar-refractivity contribution in [1.82, 2.24) is 14.9 Å². The summed E-state index contributed by atoms with van der Waals surface area (Å²) < 4.78 is 38.5. The summed E-state index contributed by atoms with van der Waals surface area (Å²) in [5, 5.41) is 5.75. The molecule has 3 aliphatic rings. The number of esters is 1. The van der Waals surface area contributed by atoms with Gasteiger partial charge in [0.15, 0.2) is 0 Å². The van der Waals surface area contributed by atoms with Crippen molar-refractivity contribution in [2.75, 3.05) is 20.3 Å². The number of methoxy groups -OCH3 is 1. The van der Waals surface area contributed by atoms with Gasteiger partial charge >= 0.3 is 12.1 Å². The van der Waals surface area contributed by atoms with Crippen LogP contribution in [0, 0.1) is 5.92 Å². The molecule has 0 radical (unpaired) electrons. The Balaban J connectivity index is 0.870. The summed E-state index contributed by atoms with van der Waals surface area (Å²) in [5.41, 5.74) is 6.27. The van der Waals surface area contributed by atoms with E-state index in [2.05, 4.69) is 34.9 Å². The Morgan fingerprint density at radius 2 is 1.38 bits per heavy atom. The lowest BCUT2D eigenvalue weighted by Crippen LogP contribution is -2.51. The summed E-state index contributed by atoms with van der Waals surface area (Å²) in [4.78, 5) is 52.4. The Kier molecular flexibility index (Phi) is 12.0. The first-order valence-electron chi connectivity index (χ1n) is 19.3. The molecule has 4 aromatic rings. The lowest BCUT2D eigenvalue weighted by Gasteiger charge is -2.28. The van der Waals surface area contributed by atoms with Gasteiger partial charge in [-0.3, -0.25) is 9.59 Å². The molecule has 2 aliphatic carbocycles. The maximum Gasteiger partial charge on any atom is 0.407 e. The molecule has 2 fully saturated rings. The molecule has 7 rings (SSSR count). The first kappa shape index (κ1) is 38.9. The van der Waals surface area contributed by atoms with Gasteiger partial charge in [-0.1, -0.05) is 91.0 Å². The topological polar surface area (TPSA) is 148 Å². The Morgan fingerprint density at radius 3 is 2.02 bits per heavy atom. The van der Waals surface area contributed by atoms with Gasteiger partial charge in [-0.25, -0.2) is 18.0 Å². The van der Waals surface area contributed by atoms with Crippen LogP contribution in [0.3, 0.4) is 0 Å². The Hall–Kier alpha value is -5.33. The van der Waals surface area contributed by atoms with Crippen LogP contribution < -0.4 is 10.6 Å². The zero-order valence-electron chi connectivity index (χ0n) is 31.4. The molecule has 2 atom stereocenters. The minimum Gasteiger partial charge on any atom is -0.467 e. The quantitative estimate of drug-likeness (QED) is 0.158. The highest BCUT2D eigenvalue weighted by atomic mass is 32.2. The van der Waals surface area contributed by atoms with Crippen LogP contribution in [-0.4, -0.2) is 74.9 Å². The molecule has 56 heavy (non-hydrogen) atoms. The Labute approximate surface area is 327 Å². The number of sulfonamides is 1. The minimum atomic E-state index is -3.90.